The number of aromatic nitrogens is 2. The van der Waals surface area contributed by atoms with E-state index in [2.05, 4.69) is 10.3 Å². The van der Waals surface area contributed by atoms with Gasteiger partial charge in [-0.15, -0.1) is 0 Å². The number of hydrogen-bond donors (Lipinski definition) is 1. The molecule has 0 bridgehead atoms. The molecule has 10 heteroatoms. The molecular formula is C23H28N4O4S2. The average molecular weight is 489 g/mol. The Morgan fingerprint density at radius 2 is 1.79 bits per heavy atom. The van der Waals surface area contributed by atoms with Crippen LogP contribution in [0.25, 0.3) is 10.9 Å². The van der Waals surface area contributed by atoms with Crippen LogP contribution >= 0.6 is 11.8 Å². The molecule has 0 aliphatic carbocycles. The molecule has 0 saturated carbocycles. The molecule has 0 saturated heterocycles. The summed E-state index contributed by atoms with van der Waals surface area (Å²) in [4.78, 5) is 30.7. The van der Waals surface area contributed by atoms with Gasteiger partial charge in [0.25, 0.3) is 5.56 Å². The lowest BCUT2D eigenvalue weighted by Gasteiger charge is -2.19. The summed E-state index contributed by atoms with van der Waals surface area (Å²) in [7, 11) is -0.722. The van der Waals surface area contributed by atoms with Gasteiger partial charge >= 0.3 is 0 Å². The SMILES string of the molecule is Cc1ccc(S(=O)(=O)N(C)C)cc1NC(=O)C(C)Sc1nc2ccccc2c(=O)n1C(C)C. The van der Waals surface area contributed by atoms with Gasteiger partial charge in [-0.1, -0.05) is 30.0 Å². The maximum Gasteiger partial charge on any atom is 0.262 e. The third-order valence-corrected chi connectivity index (χ3v) is 8.07. The lowest BCUT2D eigenvalue weighted by Crippen LogP contribution is -2.28. The van der Waals surface area contributed by atoms with E-state index in [-0.39, 0.29) is 22.4 Å². The van der Waals surface area contributed by atoms with Gasteiger partial charge in [-0.2, -0.15) is 0 Å². The molecule has 0 spiro atoms. The fraction of sp³-hybridized carbons (Fsp3) is 0.348. The van der Waals surface area contributed by atoms with Crippen LogP contribution in [0, 0.1) is 6.92 Å². The second-order valence-electron chi connectivity index (χ2n) is 8.19. The fourth-order valence-corrected chi connectivity index (χ4v) is 5.19. The highest BCUT2D eigenvalue weighted by Gasteiger charge is 2.23. The van der Waals surface area contributed by atoms with Gasteiger partial charge in [0.1, 0.15) is 0 Å². The molecular weight excluding hydrogens is 460 g/mol. The third-order valence-electron chi connectivity index (χ3n) is 5.19. The summed E-state index contributed by atoms with van der Waals surface area (Å²) in [5.41, 5.74) is 1.58. The molecule has 176 valence electrons. The number of carbonyl (C=O) groups is 1. The van der Waals surface area contributed by atoms with Crippen LogP contribution in [0.5, 0.6) is 0 Å². The number of aryl methyl sites for hydroxylation is 1. The monoisotopic (exact) mass is 488 g/mol. The minimum atomic E-state index is -3.63. The summed E-state index contributed by atoms with van der Waals surface area (Å²) in [5, 5.41) is 3.22. The van der Waals surface area contributed by atoms with E-state index in [0.29, 0.717) is 21.7 Å². The van der Waals surface area contributed by atoms with Crippen LogP contribution in [0.3, 0.4) is 0 Å². The summed E-state index contributed by atoms with van der Waals surface area (Å²) >= 11 is 1.19. The molecule has 0 radical (unpaired) electrons. The summed E-state index contributed by atoms with van der Waals surface area (Å²) in [6.07, 6.45) is 0. The molecule has 2 aromatic carbocycles. The number of anilines is 1. The van der Waals surface area contributed by atoms with E-state index in [4.69, 9.17) is 0 Å². The molecule has 1 atom stereocenters. The van der Waals surface area contributed by atoms with Gasteiger partial charge in [-0.25, -0.2) is 17.7 Å². The van der Waals surface area contributed by atoms with Crippen molar-refractivity contribution in [2.24, 2.45) is 0 Å². The van der Waals surface area contributed by atoms with Crippen LogP contribution in [0.15, 0.2) is 57.3 Å². The first-order valence-electron chi connectivity index (χ1n) is 10.5. The maximum absolute atomic E-state index is 13.0. The Balaban J connectivity index is 1.90. The van der Waals surface area contributed by atoms with Crippen molar-refractivity contribution < 1.29 is 13.2 Å². The van der Waals surface area contributed by atoms with Crippen molar-refractivity contribution in [3.63, 3.8) is 0 Å². The lowest BCUT2D eigenvalue weighted by molar-refractivity contribution is -0.115. The van der Waals surface area contributed by atoms with Crippen molar-refractivity contribution in [2.45, 2.75) is 49.0 Å². The number of nitrogens with one attached hydrogen (secondary N) is 1. The number of fused-ring (bicyclic) bond motifs is 1. The summed E-state index contributed by atoms with van der Waals surface area (Å²) in [6.45, 7) is 7.31. The highest BCUT2D eigenvalue weighted by molar-refractivity contribution is 8.00. The summed E-state index contributed by atoms with van der Waals surface area (Å²) in [5.74, 6) is -0.319. The first-order chi connectivity index (χ1) is 15.4. The van der Waals surface area contributed by atoms with E-state index in [1.54, 1.807) is 42.7 Å². The first-order valence-corrected chi connectivity index (χ1v) is 12.8. The van der Waals surface area contributed by atoms with Crippen molar-refractivity contribution in [1.82, 2.24) is 13.9 Å². The number of rotatable bonds is 7. The Kier molecular flexibility index (Phi) is 7.30. The van der Waals surface area contributed by atoms with Crippen LogP contribution in [0.4, 0.5) is 5.69 Å². The third kappa shape index (κ3) is 5.13. The predicted molar refractivity (Wildman–Crippen MR) is 132 cm³/mol. The number of hydrogen-bond acceptors (Lipinski definition) is 6. The predicted octanol–water partition coefficient (Wildman–Crippen LogP) is 3.66. The Labute approximate surface area is 198 Å². The van der Waals surface area contributed by atoms with Crippen LogP contribution in [0.2, 0.25) is 0 Å². The van der Waals surface area contributed by atoms with Crippen LogP contribution in [0.1, 0.15) is 32.4 Å². The zero-order chi connectivity index (χ0) is 24.5. The molecule has 3 rings (SSSR count). The van der Waals surface area contributed by atoms with Gasteiger partial charge in [0, 0.05) is 25.8 Å². The van der Waals surface area contributed by atoms with E-state index in [1.165, 1.54) is 38.0 Å². The van der Waals surface area contributed by atoms with E-state index >= 15 is 0 Å². The zero-order valence-corrected chi connectivity index (χ0v) is 21.1. The van der Waals surface area contributed by atoms with Crippen molar-refractivity contribution in [3.05, 3.63) is 58.4 Å². The van der Waals surface area contributed by atoms with Crippen LogP contribution in [-0.2, 0) is 14.8 Å². The largest absolute Gasteiger partial charge is 0.325 e. The number of carbonyl (C=O) groups excluding carboxylic acids is 1. The number of thioether (sulfide) groups is 1. The van der Waals surface area contributed by atoms with E-state index in [9.17, 15) is 18.0 Å². The molecule has 0 aliphatic heterocycles. The van der Waals surface area contributed by atoms with Gasteiger partial charge in [-0.05, 0) is 57.5 Å². The van der Waals surface area contributed by atoms with Crippen molar-refractivity contribution in [1.29, 1.82) is 0 Å². The molecule has 8 nitrogen and oxygen atoms in total. The molecule has 1 N–H and O–H groups in total. The van der Waals surface area contributed by atoms with Gasteiger partial charge in [-0.3, -0.25) is 14.2 Å². The average Bonchev–Trinajstić information content (AvgIpc) is 2.74. The number of amides is 1. The normalized spacial score (nSPS) is 13.0. The Bertz CT molecular complexity index is 1360. The maximum atomic E-state index is 13.0. The number of nitrogens with zero attached hydrogens (tertiary/aromatic N) is 3. The second-order valence-corrected chi connectivity index (χ2v) is 11.7. The smallest absolute Gasteiger partial charge is 0.262 e. The molecule has 1 unspecified atom stereocenters. The van der Waals surface area contributed by atoms with Crippen LogP contribution < -0.4 is 10.9 Å². The van der Waals surface area contributed by atoms with Gasteiger partial charge in [0.05, 0.1) is 21.0 Å². The van der Waals surface area contributed by atoms with E-state index < -0.39 is 15.3 Å². The minimum absolute atomic E-state index is 0.0959. The minimum Gasteiger partial charge on any atom is -0.325 e. The molecule has 3 aromatic rings. The van der Waals surface area contributed by atoms with Gasteiger partial charge < -0.3 is 5.32 Å². The first kappa shape index (κ1) is 24.9. The highest BCUT2D eigenvalue weighted by atomic mass is 32.2. The van der Waals surface area contributed by atoms with E-state index in [0.717, 1.165) is 9.87 Å². The fourth-order valence-electron chi connectivity index (χ4n) is 3.22. The Morgan fingerprint density at radius 1 is 1.12 bits per heavy atom. The zero-order valence-electron chi connectivity index (χ0n) is 19.5. The highest BCUT2D eigenvalue weighted by Crippen LogP contribution is 2.27. The Morgan fingerprint density at radius 3 is 2.42 bits per heavy atom. The molecule has 0 fully saturated rings. The number of para-hydroxylation sites is 1. The lowest BCUT2D eigenvalue weighted by atomic mass is 10.2. The molecule has 0 aliphatic rings. The van der Waals surface area contributed by atoms with Crippen LogP contribution in [-0.4, -0.2) is 47.5 Å². The van der Waals surface area contributed by atoms with Gasteiger partial charge in [0.2, 0.25) is 15.9 Å². The number of benzene rings is 2. The standard InChI is InChI=1S/C23H28N4O4S2/c1-14(2)27-22(29)18-9-7-8-10-19(18)25-23(27)32-16(4)21(28)24-20-13-17(12-11-15(20)3)33(30,31)26(5)6/h7-14,16H,1-6H3,(H,24,28). The van der Waals surface area contributed by atoms with Gasteiger partial charge in [0.15, 0.2) is 5.16 Å². The van der Waals surface area contributed by atoms with Crippen molar-refractivity contribution >= 4 is 44.3 Å². The summed E-state index contributed by atoms with van der Waals surface area (Å²) in [6, 6.07) is 11.6. The van der Waals surface area contributed by atoms with E-state index in [1.807, 2.05) is 19.9 Å². The Hall–Kier alpha value is -2.69. The van der Waals surface area contributed by atoms with Crippen molar-refractivity contribution in [2.75, 3.05) is 19.4 Å². The molecule has 1 amide bonds. The number of sulfonamides is 1. The second kappa shape index (κ2) is 9.66. The molecule has 1 aromatic heterocycles. The topological polar surface area (TPSA) is 101 Å². The van der Waals surface area contributed by atoms with Crippen molar-refractivity contribution in [3.8, 4) is 0 Å². The molecule has 1 heterocycles. The summed E-state index contributed by atoms with van der Waals surface area (Å²) < 4.78 is 27.6. The molecule has 33 heavy (non-hydrogen) atoms. The quantitative estimate of drug-likeness (QED) is 0.402.